The summed E-state index contributed by atoms with van der Waals surface area (Å²) in [5.41, 5.74) is 2.52. The van der Waals surface area contributed by atoms with Crippen LogP contribution in [0.5, 0.6) is 0 Å². The number of hydrogen-bond acceptors (Lipinski definition) is 3. The third kappa shape index (κ3) is 2.48. The number of imidazole rings is 1. The molecule has 0 bridgehead atoms. The Morgan fingerprint density at radius 1 is 1.00 bits per heavy atom. The van der Waals surface area contributed by atoms with Gasteiger partial charge in [0.2, 0.25) is 0 Å². The summed E-state index contributed by atoms with van der Waals surface area (Å²) < 4.78 is 14.2. The van der Waals surface area contributed by atoms with E-state index in [1.165, 1.54) is 0 Å². The van der Waals surface area contributed by atoms with E-state index in [4.69, 9.17) is 9.31 Å². The minimum atomic E-state index is -0.317. The van der Waals surface area contributed by atoms with Gasteiger partial charge in [-0.25, -0.2) is 4.98 Å². The second kappa shape index (κ2) is 4.96. The number of benzene rings is 1. The Kier molecular flexibility index (Phi) is 3.46. The average molecular weight is 298 g/mol. The molecule has 4 nitrogen and oxygen atoms in total. The summed E-state index contributed by atoms with van der Waals surface area (Å²) in [5, 5.41) is 0. The van der Waals surface area contributed by atoms with Gasteiger partial charge in [-0.1, -0.05) is 24.3 Å². The van der Waals surface area contributed by atoms with Crippen molar-refractivity contribution in [3.05, 3.63) is 36.2 Å². The Labute approximate surface area is 132 Å². The molecule has 1 aliphatic rings. The van der Waals surface area contributed by atoms with Crippen LogP contribution in [-0.4, -0.2) is 27.9 Å². The van der Waals surface area contributed by atoms with E-state index in [0.717, 1.165) is 22.5 Å². The molecule has 0 unspecified atom stereocenters. The highest BCUT2D eigenvalue weighted by atomic mass is 16.7. The van der Waals surface area contributed by atoms with Crippen LogP contribution in [0.1, 0.15) is 33.4 Å². The average Bonchev–Trinajstić information content (AvgIpc) is 2.86. The minimum Gasteiger partial charge on any atom is -0.399 e. The SMILES string of the molecule is Cc1cn(C)c(-c2ccc(B3OC(C)(C)C(C)(C)O3)cc2)n1. The van der Waals surface area contributed by atoms with Gasteiger partial charge in [-0.05, 0) is 40.1 Å². The van der Waals surface area contributed by atoms with Gasteiger partial charge in [0.05, 0.1) is 16.9 Å². The van der Waals surface area contributed by atoms with Gasteiger partial charge in [0, 0.05) is 18.8 Å². The lowest BCUT2D eigenvalue weighted by atomic mass is 9.79. The van der Waals surface area contributed by atoms with Crippen LogP contribution in [0.3, 0.4) is 0 Å². The van der Waals surface area contributed by atoms with E-state index < -0.39 is 0 Å². The first-order chi connectivity index (χ1) is 10.2. The summed E-state index contributed by atoms with van der Waals surface area (Å²) in [6, 6.07) is 8.26. The molecule has 1 saturated heterocycles. The quantitative estimate of drug-likeness (QED) is 0.800. The predicted molar refractivity (Wildman–Crippen MR) is 89.1 cm³/mol. The van der Waals surface area contributed by atoms with Gasteiger partial charge in [-0.2, -0.15) is 0 Å². The Bertz CT molecular complexity index is 673. The Morgan fingerprint density at radius 3 is 2.00 bits per heavy atom. The van der Waals surface area contributed by atoms with Crippen molar-refractivity contribution in [3.8, 4) is 11.4 Å². The molecule has 0 aliphatic carbocycles. The van der Waals surface area contributed by atoms with E-state index in [2.05, 4.69) is 56.9 Å². The van der Waals surface area contributed by atoms with Crippen molar-refractivity contribution >= 4 is 12.6 Å². The van der Waals surface area contributed by atoms with Crippen LogP contribution in [0.2, 0.25) is 0 Å². The predicted octanol–water partition coefficient (Wildman–Crippen LogP) is 2.69. The maximum atomic E-state index is 6.08. The fraction of sp³-hybridized carbons (Fsp3) is 0.471. The summed E-state index contributed by atoms with van der Waals surface area (Å²) in [7, 11) is 1.69. The molecule has 2 aromatic rings. The van der Waals surface area contributed by atoms with Gasteiger partial charge in [-0.15, -0.1) is 0 Å². The summed E-state index contributed by atoms with van der Waals surface area (Å²) in [6.45, 7) is 10.3. The number of hydrogen-bond donors (Lipinski definition) is 0. The second-order valence-electron chi connectivity index (χ2n) is 7.03. The zero-order valence-electron chi connectivity index (χ0n) is 14.2. The molecule has 0 atom stereocenters. The van der Waals surface area contributed by atoms with Crippen molar-refractivity contribution in [1.29, 1.82) is 0 Å². The first kappa shape index (κ1) is 15.3. The molecule has 2 heterocycles. The van der Waals surface area contributed by atoms with Crippen molar-refractivity contribution < 1.29 is 9.31 Å². The monoisotopic (exact) mass is 298 g/mol. The molecule has 22 heavy (non-hydrogen) atoms. The third-order valence-electron chi connectivity index (χ3n) is 4.69. The molecule has 3 rings (SSSR count). The fourth-order valence-corrected chi connectivity index (χ4v) is 2.65. The highest BCUT2D eigenvalue weighted by Gasteiger charge is 2.51. The van der Waals surface area contributed by atoms with Crippen LogP contribution in [0, 0.1) is 6.92 Å². The van der Waals surface area contributed by atoms with Gasteiger partial charge < -0.3 is 13.9 Å². The number of aryl methyl sites for hydroxylation is 2. The van der Waals surface area contributed by atoms with Crippen LogP contribution in [0.25, 0.3) is 11.4 Å². The first-order valence-corrected chi connectivity index (χ1v) is 7.65. The van der Waals surface area contributed by atoms with Crippen molar-refractivity contribution in [2.75, 3.05) is 0 Å². The number of rotatable bonds is 2. The van der Waals surface area contributed by atoms with E-state index in [-0.39, 0.29) is 18.3 Å². The largest absolute Gasteiger partial charge is 0.494 e. The number of aromatic nitrogens is 2. The normalized spacial score (nSPS) is 19.6. The molecular formula is C17H23BN2O2. The van der Waals surface area contributed by atoms with Crippen LogP contribution >= 0.6 is 0 Å². The number of nitrogens with zero attached hydrogens (tertiary/aromatic N) is 2. The Hall–Kier alpha value is -1.59. The van der Waals surface area contributed by atoms with Gasteiger partial charge in [0.25, 0.3) is 0 Å². The second-order valence-corrected chi connectivity index (χ2v) is 7.03. The fourth-order valence-electron chi connectivity index (χ4n) is 2.65. The summed E-state index contributed by atoms with van der Waals surface area (Å²) in [6.07, 6.45) is 2.03. The lowest BCUT2D eigenvalue weighted by Gasteiger charge is -2.32. The topological polar surface area (TPSA) is 36.3 Å². The smallest absolute Gasteiger partial charge is 0.399 e. The van der Waals surface area contributed by atoms with Gasteiger partial charge >= 0.3 is 7.12 Å². The lowest BCUT2D eigenvalue weighted by molar-refractivity contribution is 0.00578. The zero-order chi connectivity index (χ0) is 16.1. The van der Waals surface area contributed by atoms with Gasteiger partial charge in [0.15, 0.2) is 0 Å². The zero-order valence-corrected chi connectivity index (χ0v) is 14.2. The van der Waals surface area contributed by atoms with Crippen LogP contribution in [0.15, 0.2) is 30.5 Å². The molecule has 0 N–H and O–H groups in total. The molecule has 1 fully saturated rings. The molecule has 1 aliphatic heterocycles. The van der Waals surface area contributed by atoms with Gasteiger partial charge in [0.1, 0.15) is 5.82 Å². The van der Waals surface area contributed by atoms with Crippen molar-refractivity contribution in [2.24, 2.45) is 7.05 Å². The molecule has 0 spiro atoms. The first-order valence-electron chi connectivity index (χ1n) is 7.65. The summed E-state index contributed by atoms with van der Waals surface area (Å²) >= 11 is 0. The Morgan fingerprint density at radius 2 is 1.55 bits per heavy atom. The summed E-state index contributed by atoms with van der Waals surface area (Å²) in [4.78, 5) is 4.55. The molecule has 0 saturated carbocycles. The highest BCUT2D eigenvalue weighted by Crippen LogP contribution is 2.36. The van der Waals surface area contributed by atoms with Crippen molar-refractivity contribution in [2.45, 2.75) is 45.8 Å². The molecule has 1 aromatic heterocycles. The van der Waals surface area contributed by atoms with Crippen LogP contribution < -0.4 is 5.46 Å². The molecule has 116 valence electrons. The maximum Gasteiger partial charge on any atom is 0.494 e. The van der Waals surface area contributed by atoms with Crippen molar-refractivity contribution in [3.63, 3.8) is 0 Å². The van der Waals surface area contributed by atoms with Crippen molar-refractivity contribution in [1.82, 2.24) is 9.55 Å². The molecule has 0 radical (unpaired) electrons. The molecule has 5 heteroatoms. The maximum absolute atomic E-state index is 6.08. The highest BCUT2D eigenvalue weighted by molar-refractivity contribution is 6.62. The van der Waals surface area contributed by atoms with Crippen LogP contribution in [0.4, 0.5) is 0 Å². The van der Waals surface area contributed by atoms with E-state index in [1.54, 1.807) is 0 Å². The van der Waals surface area contributed by atoms with E-state index in [0.29, 0.717) is 0 Å². The van der Waals surface area contributed by atoms with E-state index >= 15 is 0 Å². The minimum absolute atomic E-state index is 0.312. The van der Waals surface area contributed by atoms with E-state index in [1.807, 2.05) is 24.7 Å². The standard InChI is InChI=1S/C17H23BN2O2/c1-12-11-20(6)15(19-12)13-7-9-14(10-8-13)18-21-16(2,3)17(4,5)22-18/h7-11H,1-6H3. The van der Waals surface area contributed by atoms with Crippen LogP contribution in [-0.2, 0) is 16.4 Å². The van der Waals surface area contributed by atoms with Gasteiger partial charge in [-0.3, -0.25) is 0 Å². The molecule has 1 aromatic carbocycles. The molecular weight excluding hydrogens is 275 g/mol. The van der Waals surface area contributed by atoms with E-state index in [9.17, 15) is 0 Å². The molecule has 0 amide bonds. The summed E-state index contributed by atoms with van der Waals surface area (Å²) in [5.74, 6) is 0.970. The Balaban J connectivity index is 1.85. The lowest BCUT2D eigenvalue weighted by Crippen LogP contribution is -2.41. The third-order valence-corrected chi connectivity index (χ3v) is 4.69.